The molecule has 0 N–H and O–H groups in total. The zero-order valence-electron chi connectivity index (χ0n) is 18.0. The molecule has 0 aliphatic heterocycles. The summed E-state index contributed by atoms with van der Waals surface area (Å²) in [5.74, 6) is -0.0997. The topological polar surface area (TPSA) is 39.4 Å². The zero-order chi connectivity index (χ0) is 21.5. The Balaban J connectivity index is 1.72. The number of hydrogen-bond donors (Lipinski definition) is 0. The van der Waals surface area contributed by atoms with Gasteiger partial charge in [0.1, 0.15) is 5.65 Å². The van der Waals surface area contributed by atoms with Gasteiger partial charge >= 0.3 is 0 Å². The summed E-state index contributed by atoms with van der Waals surface area (Å²) in [6, 6.07) is 13.1. The minimum atomic E-state index is -0.367. The molecule has 4 nitrogen and oxygen atoms in total. The van der Waals surface area contributed by atoms with E-state index in [-0.39, 0.29) is 23.1 Å². The molecule has 4 rings (SSSR count). The molecule has 0 bridgehead atoms. The molecule has 3 heterocycles. The first-order valence-corrected chi connectivity index (χ1v) is 10.1. The van der Waals surface area contributed by atoms with Crippen LogP contribution < -0.4 is 4.74 Å². The first-order chi connectivity index (χ1) is 14.2. The van der Waals surface area contributed by atoms with E-state index < -0.39 is 0 Å². The van der Waals surface area contributed by atoms with Crippen molar-refractivity contribution < 1.29 is 9.13 Å². The molecule has 154 valence electrons. The van der Waals surface area contributed by atoms with Crippen molar-refractivity contribution in [2.24, 2.45) is 0 Å². The van der Waals surface area contributed by atoms with Gasteiger partial charge in [0, 0.05) is 29.1 Å². The fraction of sp³-hybridized carbons (Fsp3) is 0.280. The first kappa shape index (κ1) is 20.1. The van der Waals surface area contributed by atoms with Crippen LogP contribution in [0.25, 0.3) is 28.0 Å². The first-order valence-electron chi connectivity index (χ1n) is 10.1. The number of halogens is 1. The molecule has 0 atom stereocenters. The maximum atomic E-state index is 14.5. The normalized spacial score (nSPS) is 12.0. The van der Waals surface area contributed by atoms with E-state index in [1.54, 1.807) is 6.07 Å². The number of nitrogens with zero attached hydrogens (tertiary/aromatic N) is 3. The van der Waals surface area contributed by atoms with Crippen molar-refractivity contribution in [2.75, 3.05) is 0 Å². The van der Waals surface area contributed by atoms with Crippen LogP contribution in [-0.2, 0) is 5.41 Å². The summed E-state index contributed by atoms with van der Waals surface area (Å²) >= 11 is 0. The molecule has 0 fully saturated rings. The van der Waals surface area contributed by atoms with Crippen LogP contribution in [0.1, 0.15) is 40.3 Å². The van der Waals surface area contributed by atoms with Crippen molar-refractivity contribution in [2.45, 2.75) is 46.1 Å². The van der Waals surface area contributed by atoms with E-state index in [0.29, 0.717) is 0 Å². The molecule has 0 aliphatic carbocycles. The largest absolute Gasteiger partial charge is 0.488 e. The number of benzene rings is 1. The van der Waals surface area contributed by atoms with Crippen LogP contribution in [0, 0.1) is 5.82 Å². The highest BCUT2D eigenvalue weighted by Crippen LogP contribution is 2.29. The zero-order valence-corrected chi connectivity index (χ0v) is 18.0. The van der Waals surface area contributed by atoms with Gasteiger partial charge in [0.2, 0.25) is 0 Å². The lowest BCUT2D eigenvalue weighted by Crippen LogP contribution is -2.12. The summed E-state index contributed by atoms with van der Waals surface area (Å²) in [6.45, 7) is 10.2. The molecule has 3 aromatic heterocycles. The standard InChI is InChI=1S/C25H26FN3O/c1-16(2)30-22-9-6-17(12-20(22)26)19-8-11-24-28-14-21(29(24)15-19)18-7-10-23(27-13-18)25(3,4)5/h6-16H,1-5H3. The molecule has 0 saturated carbocycles. The predicted octanol–water partition coefficient (Wildman–Crippen LogP) is 6.29. The highest BCUT2D eigenvalue weighted by atomic mass is 19.1. The number of fused-ring (bicyclic) bond motifs is 1. The molecule has 0 spiro atoms. The van der Waals surface area contributed by atoms with E-state index in [9.17, 15) is 4.39 Å². The number of pyridine rings is 2. The van der Waals surface area contributed by atoms with Gasteiger partial charge in [-0.1, -0.05) is 26.8 Å². The van der Waals surface area contributed by atoms with Crippen molar-refractivity contribution in [1.29, 1.82) is 0 Å². The molecule has 0 amide bonds. The molecule has 4 aromatic rings. The Labute approximate surface area is 176 Å². The van der Waals surface area contributed by atoms with Crippen molar-refractivity contribution in [3.05, 3.63) is 72.6 Å². The lowest BCUT2D eigenvalue weighted by Gasteiger charge is -2.17. The highest BCUT2D eigenvalue weighted by molar-refractivity contribution is 5.69. The van der Waals surface area contributed by atoms with Crippen LogP contribution >= 0.6 is 0 Å². The third kappa shape index (κ3) is 3.92. The molecule has 0 radical (unpaired) electrons. The fourth-order valence-corrected chi connectivity index (χ4v) is 3.38. The van der Waals surface area contributed by atoms with Crippen LogP contribution in [0.15, 0.2) is 61.1 Å². The summed E-state index contributed by atoms with van der Waals surface area (Å²) in [5, 5.41) is 0. The SMILES string of the molecule is CC(C)Oc1ccc(-c2ccc3ncc(-c4ccc(C(C)(C)C)nc4)n3c2)cc1F. The van der Waals surface area contributed by atoms with E-state index in [0.717, 1.165) is 33.7 Å². The molecule has 5 heteroatoms. The molecule has 0 aliphatic rings. The average Bonchev–Trinajstić information content (AvgIpc) is 3.12. The molecule has 0 saturated heterocycles. The third-order valence-electron chi connectivity index (χ3n) is 4.96. The van der Waals surface area contributed by atoms with Crippen LogP contribution in [0.4, 0.5) is 4.39 Å². The Morgan fingerprint density at radius 3 is 2.27 bits per heavy atom. The van der Waals surface area contributed by atoms with Crippen molar-refractivity contribution >= 4 is 5.65 Å². The van der Waals surface area contributed by atoms with Crippen molar-refractivity contribution in [3.63, 3.8) is 0 Å². The number of hydrogen-bond acceptors (Lipinski definition) is 3. The van der Waals surface area contributed by atoms with Gasteiger partial charge in [-0.05, 0) is 61.4 Å². The number of imidazole rings is 1. The van der Waals surface area contributed by atoms with Crippen LogP contribution in [0.2, 0.25) is 0 Å². The summed E-state index contributed by atoms with van der Waals surface area (Å²) in [6.07, 6.45) is 5.63. The molecule has 1 aromatic carbocycles. The molecule has 30 heavy (non-hydrogen) atoms. The second kappa shape index (κ2) is 7.56. The second-order valence-electron chi connectivity index (χ2n) is 8.78. The Kier molecular flexibility index (Phi) is 5.06. The Hall–Kier alpha value is -3.21. The van der Waals surface area contributed by atoms with Crippen molar-refractivity contribution in [1.82, 2.24) is 14.4 Å². The quantitative estimate of drug-likeness (QED) is 0.402. The minimum Gasteiger partial charge on any atom is -0.488 e. The van der Waals surface area contributed by atoms with E-state index >= 15 is 0 Å². The van der Waals surface area contributed by atoms with Gasteiger partial charge in [-0.2, -0.15) is 0 Å². The third-order valence-corrected chi connectivity index (χ3v) is 4.96. The molecule has 0 unspecified atom stereocenters. The summed E-state index contributed by atoms with van der Waals surface area (Å²) in [5.41, 5.74) is 5.48. The number of ether oxygens (including phenoxy) is 1. The lowest BCUT2D eigenvalue weighted by molar-refractivity contribution is 0.231. The smallest absolute Gasteiger partial charge is 0.165 e. The van der Waals surface area contributed by atoms with Crippen LogP contribution in [0.3, 0.4) is 0 Å². The van der Waals surface area contributed by atoms with E-state index in [1.807, 2.05) is 55.0 Å². The van der Waals surface area contributed by atoms with Gasteiger partial charge in [-0.3, -0.25) is 9.38 Å². The molecular weight excluding hydrogens is 377 g/mol. The Morgan fingerprint density at radius 1 is 0.900 bits per heavy atom. The van der Waals surface area contributed by atoms with Gasteiger partial charge in [0.05, 0.1) is 18.0 Å². The number of rotatable bonds is 4. The average molecular weight is 404 g/mol. The summed E-state index contributed by atoms with van der Waals surface area (Å²) < 4.78 is 22.0. The van der Waals surface area contributed by atoms with Gasteiger partial charge in [0.25, 0.3) is 0 Å². The molecular formula is C25H26FN3O. The fourth-order valence-electron chi connectivity index (χ4n) is 3.38. The van der Waals surface area contributed by atoms with Gasteiger partial charge in [0.15, 0.2) is 11.6 Å². The van der Waals surface area contributed by atoms with Gasteiger partial charge in [-0.15, -0.1) is 0 Å². The monoisotopic (exact) mass is 403 g/mol. The second-order valence-corrected chi connectivity index (χ2v) is 8.78. The van der Waals surface area contributed by atoms with E-state index in [2.05, 4.69) is 42.9 Å². The Bertz CT molecular complexity index is 1190. The predicted molar refractivity (Wildman–Crippen MR) is 118 cm³/mol. The highest BCUT2D eigenvalue weighted by Gasteiger charge is 2.16. The van der Waals surface area contributed by atoms with Gasteiger partial charge < -0.3 is 4.74 Å². The summed E-state index contributed by atoms with van der Waals surface area (Å²) in [4.78, 5) is 9.14. The number of aromatic nitrogens is 3. The maximum absolute atomic E-state index is 14.5. The minimum absolute atomic E-state index is 0.000695. The lowest BCUT2D eigenvalue weighted by atomic mass is 9.91. The van der Waals surface area contributed by atoms with E-state index in [1.165, 1.54) is 6.07 Å². The van der Waals surface area contributed by atoms with E-state index in [4.69, 9.17) is 4.74 Å². The Morgan fingerprint density at radius 2 is 1.63 bits per heavy atom. The summed E-state index contributed by atoms with van der Waals surface area (Å²) in [7, 11) is 0. The van der Waals surface area contributed by atoms with Crippen molar-refractivity contribution in [3.8, 4) is 28.1 Å². The van der Waals surface area contributed by atoms with Crippen LogP contribution in [-0.4, -0.2) is 20.5 Å². The van der Waals surface area contributed by atoms with Gasteiger partial charge in [-0.25, -0.2) is 9.37 Å². The maximum Gasteiger partial charge on any atom is 0.165 e. The van der Waals surface area contributed by atoms with Crippen LogP contribution in [0.5, 0.6) is 5.75 Å².